The zero-order valence-electron chi connectivity index (χ0n) is 20.9. The second kappa shape index (κ2) is 8.49. The van der Waals surface area contributed by atoms with Gasteiger partial charge in [-0.05, 0) is 35.1 Å². The Morgan fingerprint density at radius 1 is 0.811 bits per heavy atom. The van der Waals surface area contributed by atoms with Gasteiger partial charge >= 0.3 is 0 Å². The zero-order valence-corrected chi connectivity index (χ0v) is 20.9. The Kier molecular flexibility index (Phi) is 5.35. The largest absolute Gasteiger partial charge is 0.507 e. The third kappa shape index (κ3) is 3.53. The second-order valence-corrected chi connectivity index (χ2v) is 10.5. The van der Waals surface area contributed by atoms with E-state index in [1.165, 1.54) is 6.07 Å². The van der Waals surface area contributed by atoms with Crippen molar-refractivity contribution in [2.45, 2.75) is 37.3 Å². The minimum absolute atomic E-state index is 0.167. The summed E-state index contributed by atoms with van der Waals surface area (Å²) in [7, 11) is 0. The molecule has 6 rings (SSSR count). The first-order chi connectivity index (χ1) is 17.8. The van der Waals surface area contributed by atoms with Gasteiger partial charge in [-0.3, -0.25) is 9.69 Å². The molecule has 37 heavy (non-hydrogen) atoms. The van der Waals surface area contributed by atoms with Gasteiger partial charge in [0.15, 0.2) is 5.60 Å². The van der Waals surface area contributed by atoms with E-state index in [0.717, 1.165) is 23.1 Å². The van der Waals surface area contributed by atoms with E-state index in [9.17, 15) is 15.0 Å². The molecule has 0 bridgehead atoms. The first kappa shape index (κ1) is 23.3. The SMILES string of the molecule is CC1(C)CCOc2cc(O)c(C3(O)C(=O)N(C(c4ccccc4)c4ccccc4)c4ccccc43)cc21. The van der Waals surface area contributed by atoms with Crippen LogP contribution in [0.1, 0.15) is 54.1 Å². The van der Waals surface area contributed by atoms with Gasteiger partial charge in [0.2, 0.25) is 0 Å². The number of rotatable bonds is 4. The molecule has 186 valence electrons. The van der Waals surface area contributed by atoms with Gasteiger partial charge in [-0.1, -0.05) is 92.7 Å². The molecule has 0 fully saturated rings. The van der Waals surface area contributed by atoms with Crippen LogP contribution in [0, 0.1) is 0 Å². The number of aliphatic hydroxyl groups is 1. The first-order valence-electron chi connectivity index (χ1n) is 12.6. The third-order valence-electron chi connectivity index (χ3n) is 7.77. The van der Waals surface area contributed by atoms with Crippen LogP contribution in [-0.4, -0.2) is 22.7 Å². The number of amides is 1. The summed E-state index contributed by atoms with van der Waals surface area (Å²) in [4.78, 5) is 16.2. The Balaban J connectivity index is 1.58. The van der Waals surface area contributed by atoms with Gasteiger partial charge < -0.3 is 14.9 Å². The highest BCUT2D eigenvalue weighted by Gasteiger charge is 2.55. The molecule has 5 nitrogen and oxygen atoms in total. The average molecular weight is 492 g/mol. The van der Waals surface area contributed by atoms with E-state index in [4.69, 9.17) is 4.74 Å². The highest BCUT2D eigenvalue weighted by Crippen LogP contribution is 2.53. The number of hydrogen-bond acceptors (Lipinski definition) is 4. The molecule has 0 saturated heterocycles. The number of para-hydroxylation sites is 1. The predicted octanol–water partition coefficient (Wildman–Crippen LogP) is 5.82. The van der Waals surface area contributed by atoms with Crippen molar-refractivity contribution in [3.05, 3.63) is 125 Å². The van der Waals surface area contributed by atoms with E-state index >= 15 is 0 Å². The van der Waals surface area contributed by atoms with Crippen molar-refractivity contribution in [2.24, 2.45) is 0 Å². The molecule has 0 aromatic heterocycles. The molecule has 4 aromatic carbocycles. The summed E-state index contributed by atoms with van der Waals surface area (Å²) in [6.45, 7) is 4.77. The lowest BCUT2D eigenvalue weighted by molar-refractivity contribution is -0.132. The summed E-state index contributed by atoms with van der Waals surface area (Å²) >= 11 is 0. The van der Waals surface area contributed by atoms with E-state index in [2.05, 4.69) is 13.8 Å². The number of fused-ring (bicyclic) bond motifs is 2. The Hall–Kier alpha value is -4.09. The molecule has 2 aliphatic heterocycles. The smallest absolute Gasteiger partial charge is 0.269 e. The summed E-state index contributed by atoms with van der Waals surface area (Å²) < 4.78 is 5.82. The Labute approximate surface area is 216 Å². The number of carbonyl (C=O) groups is 1. The lowest BCUT2D eigenvalue weighted by Crippen LogP contribution is -2.43. The third-order valence-corrected chi connectivity index (χ3v) is 7.77. The summed E-state index contributed by atoms with van der Waals surface area (Å²) in [6.07, 6.45) is 0.795. The number of hydrogen-bond donors (Lipinski definition) is 2. The summed E-state index contributed by atoms with van der Waals surface area (Å²) in [6, 6.07) is 29.7. The maximum Gasteiger partial charge on any atom is 0.269 e. The Bertz CT molecular complexity index is 1440. The number of benzene rings is 4. The van der Waals surface area contributed by atoms with E-state index in [-0.39, 0.29) is 16.7 Å². The molecule has 2 aliphatic rings. The maximum atomic E-state index is 14.5. The van der Waals surface area contributed by atoms with Crippen molar-refractivity contribution in [3.8, 4) is 11.5 Å². The maximum absolute atomic E-state index is 14.5. The van der Waals surface area contributed by atoms with Crippen molar-refractivity contribution < 1.29 is 19.7 Å². The normalized spacial score (nSPS) is 19.9. The zero-order chi connectivity index (χ0) is 25.8. The quantitative estimate of drug-likeness (QED) is 0.377. The molecule has 5 heteroatoms. The molecule has 0 radical (unpaired) electrons. The number of anilines is 1. The molecule has 2 heterocycles. The summed E-state index contributed by atoms with van der Waals surface area (Å²) in [5.74, 6) is -0.0840. The lowest BCUT2D eigenvalue weighted by atomic mass is 9.76. The second-order valence-electron chi connectivity index (χ2n) is 10.5. The monoisotopic (exact) mass is 491 g/mol. The molecule has 1 atom stereocenters. The van der Waals surface area contributed by atoms with Gasteiger partial charge in [-0.2, -0.15) is 0 Å². The molecule has 1 amide bonds. The van der Waals surface area contributed by atoms with Crippen molar-refractivity contribution in [1.29, 1.82) is 0 Å². The molecule has 2 N–H and O–H groups in total. The van der Waals surface area contributed by atoms with Gasteiger partial charge in [0.05, 0.1) is 18.3 Å². The van der Waals surface area contributed by atoms with Crippen molar-refractivity contribution in [1.82, 2.24) is 0 Å². The van der Waals surface area contributed by atoms with Crippen LogP contribution in [0.2, 0.25) is 0 Å². The van der Waals surface area contributed by atoms with E-state index in [1.54, 1.807) is 17.0 Å². The van der Waals surface area contributed by atoms with E-state index in [0.29, 0.717) is 23.6 Å². The van der Waals surface area contributed by atoms with Crippen LogP contribution in [0.5, 0.6) is 11.5 Å². The highest BCUT2D eigenvalue weighted by molar-refractivity contribution is 6.10. The lowest BCUT2D eigenvalue weighted by Gasteiger charge is -2.35. The fourth-order valence-corrected chi connectivity index (χ4v) is 5.72. The standard InChI is InChI=1S/C32H29NO4/c1-31(2)17-18-37-28-20-27(34)24(19-25(28)31)32(36)23-15-9-10-16-26(23)33(30(32)35)29(21-11-5-3-6-12-21)22-13-7-4-8-14-22/h3-16,19-20,29,34,36H,17-18H2,1-2H3. The van der Waals surface area contributed by atoms with Crippen LogP contribution in [0.3, 0.4) is 0 Å². The van der Waals surface area contributed by atoms with Gasteiger partial charge in [-0.15, -0.1) is 0 Å². The molecule has 0 aliphatic carbocycles. The van der Waals surface area contributed by atoms with Crippen molar-refractivity contribution in [3.63, 3.8) is 0 Å². The minimum Gasteiger partial charge on any atom is -0.507 e. The van der Waals surface area contributed by atoms with E-state index in [1.807, 2.05) is 78.9 Å². The topological polar surface area (TPSA) is 70.0 Å². The molecule has 1 unspecified atom stereocenters. The van der Waals surface area contributed by atoms with Crippen LogP contribution in [0.25, 0.3) is 0 Å². The fraction of sp³-hybridized carbons (Fsp3) is 0.219. The number of nitrogens with zero attached hydrogens (tertiary/aromatic N) is 1. The van der Waals surface area contributed by atoms with Crippen LogP contribution >= 0.6 is 0 Å². The predicted molar refractivity (Wildman–Crippen MR) is 143 cm³/mol. The first-order valence-corrected chi connectivity index (χ1v) is 12.6. The highest BCUT2D eigenvalue weighted by atomic mass is 16.5. The van der Waals surface area contributed by atoms with Gasteiger partial charge in [0, 0.05) is 22.8 Å². The van der Waals surface area contributed by atoms with E-state index < -0.39 is 17.6 Å². The van der Waals surface area contributed by atoms with Crippen LogP contribution < -0.4 is 9.64 Å². The number of ether oxygens (including phenoxy) is 1. The molecule has 4 aromatic rings. The molecule has 0 spiro atoms. The van der Waals surface area contributed by atoms with Gasteiger partial charge in [0.1, 0.15) is 11.5 Å². The summed E-state index contributed by atoms with van der Waals surface area (Å²) in [5.41, 5.74) is 1.64. The number of phenolic OH excluding ortho intramolecular Hbond substituents is 1. The summed E-state index contributed by atoms with van der Waals surface area (Å²) in [5, 5.41) is 23.5. The number of aromatic hydroxyl groups is 1. The van der Waals surface area contributed by atoms with Crippen LogP contribution in [0.4, 0.5) is 5.69 Å². The van der Waals surface area contributed by atoms with Crippen LogP contribution in [-0.2, 0) is 15.8 Å². The van der Waals surface area contributed by atoms with Crippen LogP contribution in [0.15, 0.2) is 97.1 Å². The molecular formula is C32H29NO4. The fourth-order valence-electron chi connectivity index (χ4n) is 5.72. The average Bonchev–Trinajstić information content (AvgIpc) is 3.12. The van der Waals surface area contributed by atoms with Crippen molar-refractivity contribution >= 4 is 11.6 Å². The number of phenols is 1. The molecular weight excluding hydrogens is 462 g/mol. The van der Waals surface area contributed by atoms with Gasteiger partial charge in [-0.25, -0.2) is 0 Å². The molecule has 0 saturated carbocycles. The Morgan fingerprint density at radius 2 is 1.41 bits per heavy atom. The van der Waals surface area contributed by atoms with Crippen molar-refractivity contribution in [2.75, 3.05) is 11.5 Å². The minimum atomic E-state index is -2.06. The Morgan fingerprint density at radius 3 is 2.05 bits per heavy atom. The number of carbonyl (C=O) groups excluding carboxylic acids is 1. The van der Waals surface area contributed by atoms with Gasteiger partial charge in [0.25, 0.3) is 5.91 Å².